The highest BCUT2D eigenvalue weighted by Crippen LogP contribution is 2.32. The Balaban J connectivity index is 2.15. The fourth-order valence-electron chi connectivity index (χ4n) is 2.66. The summed E-state index contributed by atoms with van der Waals surface area (Å²) in [5, 5.41) is 19.8. The van der Waals surface area contributed by atoms with E-state index < -0.39 is 4.92 Å². The number of rotatable bonds is 5. The maximum Gasteiger partial charge on any atom is 0.273 e. The van der Waals surface area contributed by atoms with Gasteiger partial charge >= 0.3 is 0 Å². The van der Waals surface area contributed by atoms with Crippen LogP contribution < -0.4 is 10.2 Å². The standard InChI is InChI=1S/C15H18N6O3/c1-4-24-12-6-10(5-11(7-12)21(22)23)14-13(8-17-20(14)3)15-18-16-9-19(15)2/h5-8,16H,4,9H2,1-3H3. The Morgan fingerprint density at radius 3 is 2.79 bits per heavy atom. The normalized spacial score (nSPS) is 13.6. The summed E-state index contributed by atoms with van der Waals surface area (Å²) < 4.78 is 7.15. The largest absolute Gasteiger partial charge is 0.494 e. The van der Waals surface area contributed by atoms with Crippen LogP contribution in [0.25, 0.3) is 11.3 Å². The molecule has 9 heteroatoms. The molecule has 0 fully saturated rings. The molecule has 1 aliphatic rings. The first-order chi connectivity index (χ1) is 11.5. The molecule has 1 aromatic heterocycles. The first-order valence-corrected chi connectivity index (χ1v) is 7.48. The molecule has 126 valence electrons. The van der Waals surface area contributed by atoms with Gasteiger partial charge in [-0.15, -0.1) is 0 Å². The van der Waals surface area contributed by atoms with Crippen molar-refractivity contribution in [1.29, 1.82) is 0 Å². The van der Waals surface area contributed by atoms with Crippen molar-refractivity contribution >= 4 is 11.5 Å². The minimum Gasteiger partial charge on any atom is -0.494 e. The van der Waals surface area contributed by atoms with Gasteiger partial charge in [-0.3, -0.25) is 20.2 Å². The molecule has 0 saturated heterocycles. The van der Waals surface area contributed by atoms with E-state index in [2.05, 4.69) is 15.6 Å². The van der Waals surface area contributed by atoms with Crippen LogP contribution in [-0.4, -0.2) is 45.8 Å². The molecule has 3 rings (SSSR count). The van der Waals surface area contributed by atoms with Crippen molar-refractivity contribution in [2.75, 3.05) is 20.3 Å². The Morgan fingerprint density at radius 2 is 2.17 bits per heavy atom. The number of hydrogen-bond acceptors (Lipinski definition) is 7. The van der Waals surface area contributed by atoms with E-state index in [1.807, 2.05) is 18.9 Å². The lowest BCUT2D eigenvalue weighted by molar-refractivity contribution is -0.384. The van der Waals surface area contributed by atoms with Gasteiger partial charge in [-0.05, 0) is 13.0 Å². The highest BCUT2D eigenvalue weighted by atomic mass is 16.6. The molecule has 0 spiro atoms. The van der Waals surface area contributed by atoms with Crippen molar-refractivity contribution in [3.63, 3.8) is 0 Å². The molecule has 0 atom stereocenters. The lowest BCUT2D eigenvalue weighted by Gasteiger charge is -2.13. The van der Waals surface area contributed by atoms with Gasteiger partial charge < -0.3 is 9.64 Å². The first-order valence-electron chi connectivity index (χ1n) is 7.48. The quantitative estimate of drug-likeness (QED) is 0.660. The minimum atomic E-state index is -0.428. The number of hydrogen-bond donors (Lipinski definition) is 1. The van der Waals surface area contributed by atoms with Crippen molar-refractivity contribution in [2.24, 2.45) is 12.1 Å². The van der Waals surface area contributed by atoms with Crippen LogP contribution in [0.2, 0.25) is 0 Å². The van der Waals surface area contributed by atoms with E-state index in [9.17, 15) is 10.1 Å². The van der Waals surface area contributed by atoms with Gasteiger partial charge in [-0.25, -0.2) is 0 Å². The molecular weight excluding hydrogens is 312 g/mol. The number of benzene rings is 1. The zero-order chi connectivity index (χ0) is 17.3. The fraction of sp³-hybridized carbons (Fsp3) is 0.333. The zero-order valence-corrected chi connectivity index (χ0v) is 13.7. The van der Waals surface area contributed by atoms with Gasteiger partial charge in [0.15, 0.2) is 5.84 Å². The minimum absolute atomic E-state index is 0.0251. The van der Waals surface area contributed by atoms with Gasteiger partial charge in [0.05, 0.1) is 35.1 Å². The summed E-state index contributed by atoms with van der Waals surface area (Å²) in [6.07, 6.45) is 1.71. The Morgan fingerprint density at radius 1 is 1.38 bits per heavy atom. The van der Waals surface area contributed by atoms with Gasteiger partial charge in [0.25, 0.3) is 5.69 Å². The van der Waals surface area contributed by atoms with Crippen molar-refractivity contribution in [2.45, 2.75) is 6.92 Å². The second-order valence-electron chi connectivity index (χ2n) is 5.39. The smallest absolute Gasteiger partial charge is 0.273 e. The van der Waals surface area contributed by atoms with E-state index in [0.29, 0.717) is 24.6 Å². The van der Waals surface area contributed by atoms with Crippen molar-refractivity contribution in [3.05, 3.63) is 40.1 Å². The highest BCUT2D eigenvalue weighted by Gasteiger charge is 2.23. The second kappa shape index (κ2) is 6.19. The zero-order valence-electron chi connectivity index (χ0n) is 13.7. The molecule has 0 amide bonds. The summed E-state index contributed by atoms with van der Waals surface area (Å²) >= 11 is 0. The van der Waals surface area contributed by atoms with Gasteiger partial charge in [-0.2, -0.15) is 10.2 Å². The van der Waals surface area contributed by atoms with Crippen LogP contribution in [0.4, 0.5) is 5.69 Å². The van der Waals surface area contributed by atoms with Gasteiger partial charge in [0, 0.05) is 25.7 Å². The monoisotopic (exact) mass is 330 g/mol. The molecule has 0 bridgehead atoms. The molecule has 0 saturated carbocycles. The van der Waals surface area contributed by atoms with E-state index in [0.717, 1.165) is 17.1 Å². The number of nitro groups is 1. The number of aryl methyl sites for hydroxylation is 1. The molecule has 9 nitrogen and oxygen atoms in total. The molecule has 2 heterocycles. The van der Waals surface area contributed by atoms with E-state index in [1.54, 1.807) is 24.0 Å². The predicted molar refractivity (Wildman–Crippen MR) is 88.8 cm³/mol. The SMILES string of the molecule is CCOc1cc(-c2c(C3=NNCN3C)cnn2C)cc([N+](=O)[O-])c1. The summed E-state index contributed by atoms with van der Waals surface area (Å²) in [6, 6.07) is 4.72. The van der Waals surface area contributed by atoms with E-state index >= 15 is 0 Å². The van der Waals surface area contributed by atoms with Gasteiger partial charge in [-0.1, -0.05) is 0 Å². The number of nitrogens with one attached hydrogen (secondary N) is 1. The summed E-state index contributed by atoms with van der Waals surface area (Å²) in [4.78, 5) is 12.8. The third-order valence-electron chi connectivity index (χ3n) is 3.72. The van der Waals surface area contributed by atoms with Crippen LogP contribution in [0, 0.1) is 10.1 Å². The molecule has 2 aromatic rings. The third-order valence-corrected chi connectivity index (χ3v) is 3.72. The summed E-state index contributed by atoms with van der Waals surface area (Å²) in [7, 11) is 3.70. The maximum atomic E-state index is 11.2. The number of amidine groups is 1. The molecule has 1 aliphatic heterocycles. The summed E-state index contributed by atoms with van der Waals surface area (Å²) in [5.41, 5.74) is 5.09. The van der Waals surface area contributed by atoms with Crippen LogP contribution in [0.15, 0.2) is 29.5 Å². The fourth-order valence-corrected chi connectivity index (χ4v) is 2.66. The Kier molecular flexibility index (Phi) is 4.07. The van der Waals surface area contributed by atoms with E-state index in [-0.39, 0.29) is 5.69 Å². The molecule has 0 aliphatic carbocycles. The Labute approximate surface area is 138 Å². The topological polar surface area (TPSA) is 97.8 Å². The van der Waals surface area contributed by atoms with Crippen LogP contribution >= 0.6 is 0 Å². The average molecular weight is 330 g/mol. The Hall–Kier alpha value is -3.10. The first kappa shape index (κ1) is 15.8. The lowest BCUT2D eigenvalue weighted by Crippen LogP contribution is -2.25. The summed E-state index contributed by atoms with van der Waals surface area (Å²) in [5.74, 6) is 1.19. The highest BCUT2D eigenvalue weighted by molar-refractivity contribution is 6.04. The van der Waals surface area contributed by atoms with Crippen LogP contribution in [0.1, 0.15) is 12.5 Å². The second-order valence-corrected chi connectivity index (χ2v) is 5.39. The molecular formula is C15H18N6O3. The molecule has 0 radical (unpaired) electrons. The number of ether oxygens (including phenoxy) is 1. The van der Waals surface area contributed by atoms with Crippen LogP contribution in [0.5, 0.6) is 5.75 Å². The average Bonchev–Trinajstić information content (AvgIpc) is 3.12. The van der Waals surface area contributed by atoms with Crippen molar-refractivity contribution in [3.8, 4) is 17.0 Å². The third kappa shape index (κ3) is 2.75. The molecule has 24 heavy (non-hydrogen) atoms. The Bertz CT molecular complexity index is 814. The number of aromatic nitrogens is 2. The molecule has 1 aromatic carbocycles. The van der Waals surface area contributed by atoms with E-state index in [4.69, 9.17) is 4.74 Å². The summed E-state index contributed by atoms with van der Waals surface area (Å²) in [6.45, 7) is 2.86. The maximum absolute atomic E-state index is 11.2. The number of nitrogens with zero attached hydrogens (tertiary/aromatic N) is 5. The van der Waals surface area contributed by atoms with Crippen LogP contribution in [-0.2, 0) is 7.05 Å². The molecule has 0 unspecified atom stereocenters. The lowest BCUT2D eigenvalue weighted by atomic mass is 10.1. The van der Waals surface area contributed by atoms with E-state index in [1.165, 1.54) is 12.1 Å². The van der Waals surface area contributed by atoms with Crippen molar-refractivity contribution < 1.29 is 9.66 Å². The van der Waals surface area contributed by atoms with Crippen LogP contribution in [0.3, 0.4) is 0 Å². The molecule has 1 N–H and O–H groups in total. The number of nitro benzene ring substituents is 1. The number of hydrazone groups is 1. The predicted octanol–water partition coefficient (Wildman–Crippen LogP) is 1.55. The van der Waals surface area contributed by atoms with Crippen molar-refractivity contribution in [1.82, 2.24) is 20.1 Å². The van der Waals surface area contributed by atoms with Gasteiger partial charge in [0.1, 0.15) is 12.4 Å². The number of non-ortho nitro benzene ring substituents is 1. The van der Waals surface area contributed by atoms with Gasteiger partial charge in [0.2, 0.25) is 0 Å².